The predicted octanol–water partition coefficient (Wildman–Crippen LogP) is 2.45. The number of urea groups is 1. The van der Waals surface area contributed by atoms with Gasteiger partial charge in [0.25, 0.3) is 0 Å². The van der Waals surface area contributed by atoms with Gasteiger partial charge in [0.1, 0.15) is 11.9 Å². The quantitative estimate of drug-likeness (QED) is 0.886. The summed E-state index contributed by atoms with van der Waals surface area (Å²) in [4.78, 5) is 25.8. The van der Waals surface area contributed by atoms with Gasteiger partial charge in [0.15, 0.2) is 0 Å². The van der Waals surface area contributed by atoms with E-state index in [0.29, 0.717) is 6.54 Å². The molecule has 0 aliphatic carbocycles. The lowest BCUT2D eigenvalue weighted by molar-refractivity contribution is -0.125. The van der Waals surface area contributed by atoms with Crippen molar-refractivity contribution in [3.05, 3.63) is 71.5 Å². The SMILES string of the molecule is CNC(=O)NC(=O)[C@H](c1ccccc1)N(C)Cc1ccc(F)cc1. The van der Waals surface area contributed by atoms with Crippen molar-refractivity contribution in [1.29, 1.82) is 0 Å². The van der Waals surface area contributed by atoms with Gasteiger partial charge in [0.05, 0.1) is 0 Å². The predicted molar refractivity (Wildman–Crippen MR) is 89.6 cm³/mol. The van der Waals surface area contributed by atoms with Gasteiger partial charge in [-0.2, -0.15) is 0 Å². The maximum atomic E-state index is 13.0. The molecule has 0 heterocycles. The maximum absolute atomic E-state index is 13.0. The summed E-state index contributed by atoms with van der Waals surface area (Å²) < 4.78 is 13.0. The molecular formula is C18H20FN3O2. The van der Waals surface area contributed by atoms with Crippen molar-refractivity contribution in [2.45, 2.75) is 12.6 Å². The van der Waals surface area contributed by atoms with E-state index >= 15 is 0 Å². The summed E-state index contributed by atoms with van der Waals surface area (Å²) in [6.07, 6.45) is 0. The molecule has 0 aliphatic heterocycles. The van der Waals surface area contributed by atoms with Crippen LogP contribution in [0.3, 0.4) is 0 Å². The number of halogens is 1. The first-order valence-corrected chi connectivity index (χ1v) is 7.53. The molecule has 0 radical (unpaired) electrons. The molecule has 2 N–H and O–H groups in total. The summed E-state index contributed by atoms with van der Waals surface area (Å²) in [5, 5.41) is 4.68. The van der Waals surface area contributed by atoms with Gasteiger partial charge in [-0.15, -0.1) is 0 Å². The summed E-state index contributed by atoms with van der Waals surface area (Å²) >= 11 is 0. The van der Waals surface area contributed by atoms with E-state index in [1.54, 1.807) is 24.1 Å². The first kappa shape index (κ1) is 17.6. The van der Waals surface area contributed by atoms with Crippen molar-refractivity contribution in [1.82, 2.24) is 15.5 Å². The minimum atomic E-state index is -0.645. The standard InChI is InChI=1S/C18H20FN3O2/c1-20-18(24)21-17(23)16(14-6-4-3-5-7-14)22(2)12-13-8-10-15(19)11-9-13/h3-11,16H,12H2,1-2H3,(H2,20,21,23,24)/t16-/m0/s1. The number of likely N-dealkylation sites (N-methyl/N-ethyl adjacent to an activating group) is 1. The number of nitrogens with one attached hydrogen (secondary N) is 2. The molecule has 0 aliphatic rings. The number of carbonyl (C=O) groups excluding carboxylic acids is 2. The van der Waals surface area contributed by atoms with Crippen LogP contribution in [0.4, 0.5) is 9.18 Å². The molecule has 1 atom stereocenters. The van der Waals surface area contributed by atoms with E-state index in [-0.39, 0.29) is 5.82 Å². The van der Waals surface area contributed by atoms with Crippen LogP contribution >= 0.6 is 0 Å². The first-order chi connectivity index (χ1) is 11.5. The molecule has 5 nitrogen and oxygen atoms in total. The molecule has 0 bridgehead atoms. The molecule has 126 valence electrons. The summed E-state index contributed by atoms with van der Waals surface area (Å²) in [6.45, 7) is 0.432. The van der Waals surface area contributed by atoms with Gasteiger partial charge in [-0.25, -0.2) is 9.18 Å². The highest BCUT2D eigenvalue weighted by molar-refractivity contribution is 5.97. The summed E-state index contributed by atoms with van der Waals surface area (Å²) in [6, 6.07) is 14.1. The minimum absolute atomic E-state index is 0.307. The molecule has 0 saturated heterocycles. The molecule has 2 aromatic carbocycles. The Morgan fingerprint density at radius 3 is 2.29 bits per heavy atom. The summed E-state index contributed by atoms with van der Waals surface area (Å²) in [7, 11) is 3.23. The zero-order chi connectivity index (χ0) is 17.5. The Labute approximate surface area is 140 Å². The number of rotatable bonds is 5. The number of hydrogen-bond donors (Lipinski definition) is 2. The van der Waals surface area contributed by atoms with Crippen LogP contribution in [0.2, 0.25) is 0 Å². The third-order valence-corrected chi connectivity index (χ3v) is 3.61. The van der Waals surface area contributed by atoms with Gasteiger partial charge < -0.3 is 5.32 Å². The molecule has 0 unspecified atom stereocenters. The molecule has 2 aromatic rings. The topological polar surface area (TPSA) is 61.4 Å². The second-order valence-electron chi connectivity index (χ2n) is 5.42. The molecule has 3 amide bonds. The fourth-order valence-corrected chi connectivity index (χ4v) is 2.45. The van der Waals surface area contributed by atoms with Gasteiger partial charge in [-0.3, -0.25) is 15.0 Å². The van der Waals surface area contributed by atoms with Gasteiger partial charge in [0.2, 0.25) is 5.91 Å². The number of amides is 3. The van der Waals surface area contributed by atoms with Crippen LogP contribution in [0.1, 0.15) is 17.2 Å². The van der Waals surface area contributed by atoms with Crippen LogP contribution in [-0.2, 0) is 11.3 Å². The van der Waals surface area contributed by atoms with E-state index in [9.17, 15) is 14.0 Å². The average Bonchev–Trinajstić information content (AvgIpc) is 2.58. The van der Waals surface area contributed by atoms with E-state index in [2.05, 4.69) is 10.6 Å². The number of nitrogens with zero attached hydrogens (tertiary/aromatic N) is 1. The average molecular weight is 329 g/mol. The summed E-state index contributed by atoms with van der Waals surface area (Å²) in [5.41, 5.74) is 1.64. The molecule has 0 aromatic heterocycles. The van der Waals surface area contributed by atoms with E-state index in [0.717, 1.165) is 11.1 Å². The van der Waals surface area contributed by atoms with Crippen molar-refractivity contribution >= 4 is 11.9 Å². The largest absolute Gasteiger partial charge is 0.341 e. The molecule has 0 spiro atoms. The Morgan fingerprint density at radius 1 is 1.08 bits per heavy atom. The Hall–Kier alpha value is -2.73. The lowest BCUT2D eigenvalue weighted by atomic mass is 10.0. The molecular weight excluding hydrogens is 309 g/mol. The molecule has 0 saturated carbocycles. The lowest BCUT2D eigenvalue weighted by Crippen LogP contribution is -2.44. The normalized spacial score (nSPS) is 11.8. The number of hydrogen-bond acceptors (Lipinski definition) is 3. The molecule has 2 rings (SSSR count). The third-order valence-electron chi connectivity index (χ3n) is 3.61. The monoisotopic (exact) mass is 329 g/mol. The van der Waals surface area contributed by atoms with Crippen LogP contribution in [-0.4, -0.2) is 30.9 Å². The second kappa shape index (κ2) is 8.21. The van der Waals surface area contributed by atoms with E-state index in [1.807, 2.05) is 30.3 Å². The van der Waals surface area contributed by atoms with Crippen LogP contribution in [0.5, 0.6) is 0 Å². The summed E-state index contributed by atoms with van der Waals surface area (Å²) in [5.74, 6) is -0.733. The zero-order valence-corrected chi connectivity index (χ0v) is 13.6. The Kier molecular flexibility index (Phi) is 6.03. The van der Waals surface area contributed by atoms with Crippen LogP contribution < -0.4 is 10.6 Å². The first-order valence-electron chi connectivity index (χ1n) is 7.53. The third kappa shape index (κ3) is 4.63. The van der Waals surface area contributed by atoms with Gasteiger partial charge in [0, 0.05) is 13.6 Å². The van der Waals surface area contributed by atoms with Crippen LogP contribution in [0.15, 0.2) is 54.6 Å². The Balaban J connectivity index is 2.22. The molecule has 6 heteroatoms. The van der Waals surface area contributed by atoms with Gasteiger partial charge >= 0.3 is 6.03 Å². The van der Waals surface area contributed by atoms with Crippen LogP contribution in [0.25, 0.3) is 0 Å². The van der Waals surface area contributed by atoms with Crippen molar-refractivity contribution < 1.29 is 14.0 Å². The maximum Gasteiger partial charge on any atom is 0.321 e. The smallest absolute Gasteiger partial charge is 0.321 e. The van der Waals surface area contributed by atoms with Crippen molar-refractivity contribution in [3.63, 3.8) is 0 Å². The fourth-order valence-electron chi connectivity index (χ4n) is 2.45. The number of imide groups is 1. The highest BCUT2D eigenvalue weighted by Gasteiger charge is 2.26. The number of benzene rings is 2. The van der Waals surface area contributed by atoms with Crippen molar-refractivity contribution in [3.8, 4) is 0 Å². The van der Waals surface area contributed by atoms with Crippen molar-refractivity contribution in [2.24, 2.45) is 0 Å². The highest BCUT2D eigenvalue weighted by Crippen LogP contribution is 2.21. The second-order valence-corrected chi connectivity index (χ2v) is 5.42. The Morgan fingerprint density at radius 2 is 1.71 bits per heavy atom. The Bertz CT molecular complexity index is 689. The van der Waals surface area contributed by atoms with Crippen molar-refractivity contribution in [2.75, 3.05) is 14.1 Å². The lowest BCUT2D eigenvalue weighted by Gasteiger charge is -2.27. The highest BCUT2D eigenvalue weighted by atomic mass is 19.1. The van der Waals surface area contributed by atoms with E-state index in [4.69, 9.17) is 0 Å². The number of carbonyl (C=O) groups is 2. The van der Waals surface area contributed by atoms with E-state index < -0.39 is 18.0 Å². The van der Waals surface area contributed by atoms with Gasteiger partial charge in [-0.1, -0.05) is 42.5 Å². The minimum Gasteiger partial charge on any atom is -0.341 e. The molecule has 24 heavy (non-hydrogen) atoms. The molecule has 0 fully saturated rings. The zero-order valence-electron chi connectivity index (χ0n) is 13.6. The van der Waals surface area contributed by atoms with E-state index in [1.165, 1.54) is 19.2 Å². The fraction of sp³-hybridized carbons (Fsp3) is 0.222. The van der Waals surface area contributed by atoms with Crippen LogP contribution in [0, 0.1) is 5.82 Å². The van der Waals surface area contributed by atoms with Gasteiger partial charge in [-0.05, 0) is 30.3 Å².